The monoisotopic (exact) mass is 264 g/mol. The van der Waals surface area contributed by atoms with Crippen LogP contribution in [0.15, 0.2) is 30.3 Å². The number of hydrogen-bond acceptors (Lipinski definition) is 1. The second-order valence-electron chi connectivity index (χ2n) is 5.01. The zero-order chi connectivity index (χ0) is 13.1. The summed E-state index contributed by atoms with van der Waals surface area (Å²) in [6.45, 7) is 5.47. The Morgan fingerprint density at radius 2 is 1.56 bits per heavy atom. The van der Waals surface area contributed by atoms with Crippen molar-refractivity contribution in [2.75, 3.05) is 6.61 Å². The first-order valence-electron chi connectivity index (χ1n) is 7.52. The van der Waals surface area contributed by atoms with E-state index < -0.39 is 9.04 Å². The van der Waals surface area contributed by atoms with Crippen LogP contribution in [0.3, 0.4) is 0 Å². The summed E-state index contributed by atoms with van der Waals surface area (Å²) < 4.78 is 6.19. The van der Waals surface area contributed by atoms with Crippen LogP contribution in [0.5, 0.6) is 0 Å². The Morgan fingerprint density at radius 3 is 2.11 bits per heavy atom. The molecule has 102 valence electrons. The molecule has 18 heavy (non-hydrogen) atoms. The third kappa shape index (κ3) is 6.97. The summed E-state index contributed by atoms with van der Waals surface area (Å²) in [7, 11) is -0.910. The number of rotatable bonds is 10. The Kier molecular flexibility index (Phi) is 8.87. The van der Waals surface area contributed by atoms with E-state index in [4.69, 9.17) is 4.43 Å². The number of unbranched alkanes of at least 4 members (excludes halogenated alkanes) is 2. The van der Waals surface area contributed by atoms with E-state index in [0.29, 0.717) is 0 Å². The van der Waals surface area contributed by atoms with E-state index in [1.807, 2.05) is 0 Å². The molecule has 0 N–H and O–H groups in total. The summed E-state index contributed by atoms with van der Waals surface area (Å²) in [5.41, 5.74) is 1.40. The minimum atomic E-state index is -0.910. The summed E-state index contributed by atoms with van der Waals surface area (Å²) in [4.78, 5) is 0. The summed E-state index contributed by atoms with van der Waals surface area (Å²) in [6, 6.07) is 13.4. The maximum atomic E-state index is 6.19. The Morgan fingerprint density at radius 1 is 0.944 bits per heavy atom. The average Bonchev–Trinajstić information content (AvgIpc) is 2.42. The smallest absolute Gasteiger partial charge is 0.176 e. The van der Waals surface area contributed by atoms with Gasteiger partial charge < -0.3 is 4.43 Å². The van der Waals surface area contributed by atoms with Crippen LogP contribution in [0.1, 0.15) is 45.1 Å². The van der Waals surface area contributed by atoms with Crippen molar-refractivity contribution >= 4 is 9.04 Å². The van der Waals surface area contributed by atoms with Crippen LogP contribution in [0.2, 0.25) is 12.1 Å². The van der Waals surface area contributed by atoms with E-state index in [1.165, 1.54) is 43.3 Å². The average molecular weight is 264 g/mol. The van der Waals surface area contributed by atoms with Crippen LogP contribution in [-0.2, 0) is 10.8 Å². The second kappa shape index (κ2) is 10.3. The van der Waals surface area contributed by atoms with E-state index in [-0.39, 0.29) is 0 Å². The molecule has 1 aromatic carbocycles. The summed E-state index contributed by atoms with van der Waals surface area (Å²) >= 11 is 0. The molecule has 0 bridgehead atoms. The van der Waals surface area contributed by atoms with Crippen molar-refractivity contribution < 1.29 is 4.43 Å². The minimum Gasteiger partial charge on any atom is -0.420 e. The second-order valence-corrected chi connectivity index (χ2v) is 7.74. The standard InChI is InChI=1S/C16H28OSi/c1-3-5-14-18(15-6-4-2)17-13-12-16-10-8-7-9-11-16/h7-11,18H,3-6,12-15H2,1-2H3. The van der Waals surface area contributed by atoms with Gasteiger partial charge in [-0.05, 0) is 24.1 Å². The Balaban J connectivity index is 2.23. The highest BCUT2D eigenvalue weighted by Gasteiger charge is 2.10. The quantitative estimate of drug-likeness (QED) is 0.563. The van der Waals surface area contributed by atoms with Crippen LogP contribution >= 0.6 is 0 Å². The molecule has 0 aliphatic carbocycles. The van der Waals surface area contributed by atoms with Crippen molar-refractivity contribution in [2.24, 2.45) is 0 Å². The van der Waals surface area contributed by atoms with Crippen LogP contribution < -0.4 is 0 Å². The highest BCUT2D eigenvalue weighted by molar-refractivity contribution is 6.51. The molecule has 0 amide bonds. The highest BCUT2D eigenvalue weighted by Crippen LogP contribution is 2.11. The summed E-state index contributed by atoms with van der Waals surface area (Å²) in [5.74, 6) is 0. The molecule has 0 spiro atoms. The van der Waals surface area contributed by atoms with Gasteiger partial charge in [-0.15, -0.1) is 0 Å². The van der Waals surface area contributed by atoms with Gasteiger partial charge in [0.25, 0.3) is 0 Å². The van der Waals surface area contributed by atoms with Crippen molar-refractivity contribution in [2.45, 2.75) is 58.0 Å². The zero-order valence-corrected chi connectivity index (χ0v) is 13.2. The molecule has 0 atom stereocenters. The molecule has 1 aromatic rings. The Labute approximate surface area is 114 Å². The van der Waals surface area contributed by atoms with Crippen LogP contribution in [0.25, 0.3) is 0 Å². The van der Waals surface area contributed by atoms with Crippen molar-refractivity contribution in [1.82, 2.24) is 0 Å². The summed E-state index contributed by atoms with van der Waals surface area (Å²) in [6.07, 6.45) is 6.38. The number of benzene rings is 1. The number of hydrogen-bond donors (Lipinski definition) is 0. The third-order valence-corrected chi connectivity index (χ3v) is 6.16. The molecule has 0 saturated carbocycles. The summed E-state index contributed by atoms with van der Waals surface area (Å²) in [5, 5.41) is 0. The first-order valence-corrected chi connectivity index (χ1v) is 9.62. The fourth-order valence-corrected chi connectivity index (χ4v) is 4.96. The van der Waals surface area contributed by atoms with Crippen molar-refractivity contribution in [3.8, 4) is 0 Å². The van der Waals surface area contributed by atoms with Gasteiger partial charge in [-0.1, -0.05) is 69.9 Å². The maximum absolute atomic E-state index is 6.19. The van der Waals surface area contributed by atoms with Crippen LogP contribution in [0, 0.1) is 0 Å². The molecule has 0 aliphatic rings. The predicted molar refractivity (Wildman–Crippen MR) is 82.7 cm³/mol. The highest BCUT2D eigenvalue weighted by atomic mass is 28.3. The molecule has 0 fully saturated rings. The fourth-order valence-electron chi connectivity index (χ4n) is 2.16. The fraction of sp³-hybridized carbons (Fsp3) is 0.625. The Hall–Kier alpha value is -0.603. The molecule has 2 heteroatoms. The molecule has 0 unspecified atom stereocenters. The molecule has 1 rings (SSSR count). The van der Waals surface area contributed by atoms with E-state index in [9.17, 15) is 0 Å². The molecular formula is C16H28OSi. The van der Waals surface area contributed by atoms with Gasteiger partial charge in [-0.2, -0.15) is 0 Å². The van der Waals surface area contributed by atoms with E-state index in [1.54, 1.807) is 0 Å². The van der Waals surface area contributed by atoms with Gasteiger partial charge in [0.1, 0.15) is 0 Å². The SMILES string of the molecule is CCCC[SiH](CCCC)OCCc1ccccc1. The third-order valence-electron chi connectivity index (χ3n) is 3.35. The van der Waals surface area contributed by atoms with Crippen molar-refractivity contribution in [3.63, 3.8) is 0 Å². The van der Waals surface area contributed by atoms with Gasteiger partial charge in [0.05, 0.1) is 0 Å². The largest absolute Gasteiger partial charge is 0.420 e. The van der Waals surface area contributed by atoms with Crippen LogP contribution in [0.4, 0.5) is 0 Å². The normalized spacial score (nSPS) is 11.1. The first kappa shape index (κ1) is 15.5. The lowest BCUT2D eigenvalue weighted by atomic mass is 10.2. The molecular weight excluding hydrogens is 236 g/mol. The first-order chi connectivity index (χ1) is 8.86. The maximum Gasteiger partial charge on any atom is 0.176 e. The van der Waals surface area contributed by atoms with Gasteiger partial charge >= 0.3 is 0 Å². The van der Waals surface area contributed by atoms with Gasteiger partial charge in [0.2, 0.25) is 0 Å². The van der Waals surface area contributed by atoms with Crippen LogP contribution in [-0.4, -0.2) is 15.6 Å². The molecule has 1 nitrogen and oxygen atoms in total. The Bertz CT molecular complexity index is 278. The van der Waals surface area contributed by atoms with Crippen molar-refractivity contribution in [1.29, 1.82) is 0 Å². The van der Waals surface area contributed by atoms with E-state index >= 15 is 0 Å². The van der Waals surface area contributed by atoms with Gasteiger partial charge in [-0.3, -0.25) is 0 Å². The van der Waals surface area contributed by atoms with Gasteiger partial charge in [-0.25, -0.2) is 0 Å². The molecule has 0 radical (unpaired) electrons. The van der Waals surface area contributed by atoms with E-state index in [0.717, 1.165) is 13.0 Å². The molecule has 0 heterocycles. The van der Waals surface area contributed by atoms with Gasteiger partial charge in [0.15, 0.2) is 9.04 Å². The lowest BCUT2D eigenvalue weighted by Gasteiger charge is -2.15. The van der Waals surface area contributed by atoms with E-state index in [2.05, 4.69) is 44.2 Å². The molecule has 0 aliphatic heterocycles. The molecule has 0 saturated heterocycles. The topological polar surface area (TPSA) is 9.23 Å². The lowest BCUT2D eigenvalue weighted by Crippen LogP contribution is -2.19. The minimum absolute atomic E-state index is 0.910. The molecule has 0 aromatic heterocycles. The zero-order valence-electron chi connectivity index (χ0n) is 12.0. The predicted octanol–water partition coefficient (Wildman–Crippen LogP) is 4.57. The van der Waals surface area contributed by atoms with Crippen molar-refractivity contribution in [3.05, 3.63) is 35.9 Å². The van der Waals surface area contributed by atoms with Gasteiger partial charge in [0, 0.05) is 6.61 Å². The lowest BCUT2D eigenvalue weighted by molar-refractivity contribution is 0.320.